The molecule has 0 atom stereocenters. The predicted octanol–water partition coefficient (Wildman–Crippen LogP) is 6.84. The van der Waals surface area contributed by atoms with E-state index < -0.39 is 5.97 Å². The lowest BCUT2D eigenvalue weighted by atomic mass is 10.1. The molecule has 0 unspecified atom stereocenters. The predicted molar refractivity (Wildman–Crippen MR) is 162 cm³/mol. The van der Waals surface area contributed by atoms with Crippen molar-refractivity contribution in [3.63, 3.8) is 0 Å². The first-order valence-electron chi connectivity index (χ1n) is 13.1. The second-order valence-electron chi connectivity index (χ2n) is 9.05. The molecule has 9 nitrogen and oxygen atoms in total. The zero-order valence-electron chi connectivity index (χ0n) is 23.3. The Hall–Kier alpha value is -4.96. The van der Waals surface area contributed by atoms with Gasteiger partial charge in [0, 0.05) is 11.6 Å². The number of fused-ring (bicyclic) bond motifs is 1. The van der Waals surface area contributed by atoms with Crippen LogP contribution in [-0.2, 0) is 11.4 Å². The van der Waals surface area contributed by atoms with E-state index in [-0.39, 0.29) is 10.1 Å². The number of carboxylic acid groups (broad SMARTS) is 1. The summed E-state index contributed by atoms with van der Waals surface area (Å²) < 4.78 is 22.7. The van der Waals surface area contributed by atoms with E-state index in [4.69, 9.17) is 18.9 Å². The Bertz CT molecular complexity index is 1720. The number of ether oxygens (including phenoxy) is 4. The molecule has 5 rings (SSSR count). The molecule has 42 heavy (non-hydrogen) atoms. The van der Waals surface area contributed by atoms with E-state index in [1.165, 1.54) is 0 Å². The normalized spacial score (nSPS) is 11.4. The number of H-pyrrole nitrogens is 1. The summed E-state index contributed by atoms with van der Waals surface area (Å²) in [5.74, 6) is 1.62. The third-order valence-corrected chi connectivity index (χ3v) is 7.21. The summed E-state index contributed by atoms with van der Waals surface area (Å²) in [7, 11) is 3.12. The van der Waals surface area contributed by atoms with Crippen molar-refractivity contribution in [2.45, 2.75) is 18.7 Å². The summed E-state index contributed by atoms with van der Waals surface area (Å²) in [6.45, 7) is 2.67. The average Bonchev–Trinajstić information content (AvgIpc) is 3.49. The molecule has 0 amide bonds. The zero-order chi connectivity index (χ0) is 29.5. The topological polar surface area (TPSA) is 116 Å². The number of hydrogen-bond donors (Lipinski definition) is 2. The van der Waals surface area contributed by atoms with Gasteiger partial charge in [0.15, 0.2) is 17.3 Å². The maximum Gasteiger partial charge on any atom is 0.342 e. The molecule has 0 aliphatic carbocycles. The van der Waals surface area contributed by atoms with Gasteiger partial charge >= 0.3 is 5.97 Å². The summed E-state index contributed by atoms with van der Waals surface area (Å²) in [5, 5.41) is 19.5. The molecule has 0 radical (unpaired) electrons. The van der Waals surface area contributed by atoms with Crippen molar-refractivity contribution in [3.8, 4) is 34.4 Å². The van der Waals surface area contributed by atoms with Crippen LogP contribution in [0.15, 0.2) is 88.9 Å². The van der Waals surface area contributed by atoms with Crippen LogP contribution in [0.5, 0.6) is 23.0 Å². The van der Waals surface area contributed by atoms with Crippen molar-refractivity contribution in [1.82, 2.24) is 15.2 Å². The van der Waals surface area contributed by atoms with Gasteiger partial charge in [0.1, 0.15) is 23.0 Å². The summed E-state index contributed by atoms with van der Waals surface area (Å²) in [5.41, 5.74) is 2.38. The van der Waals surface area contributed by atoms with Crippen molar-refractivity contribution in [2.75, 3.05) is 20.8 Å². The van der Waals surface area contributed by atoms with Gasteiger partial charge in [-0.3, -0.25) is 5.10 Å². The fraction of sp³-hybridized carbons (Fsp3) is 0.156. The fourth-order valence-electron chi connectivity index (χ4n) is 4.33. The summed E-state index contributed by atoms with van der Waals surface area (Å²) in [4.78, 5) is 16.7. The number of rotatable bonds is 12. The van der Waals surface area contributed by atoms with E-state index in [9.17, 15) is 9.90 Å². The number of nitrogens with zero attached hydrogens (tertiary/aromatic N) is 2. The Kier molecular flexibility index (Phi) is 8.93. The molecule has 0 aliphatic rings. The van der Waals surface area contributed by atoms with Crippen LogP contribution in [-0.4, -0.2) is 47.1 Å². The number of thioether (sulfide) groups is 1. The molecule has 214 valence electrons. The second kappa shape index (κ2) is 13.1. The van der Waals surface area contributed by atoms with Crippen LogP contribution in [0.1, 0.15) is 18.1 Å². The van der Waals surface area contributed by atoms with Gasteiger partial charge in [0.05, 0.1) is 20.8 Å². The average molecular weight is 584 g/mol. The monoisotopic (exact) mass is 583 g/mol. The summed E-state index contributed by atoms with van der Waals surface area (Å²) in [6, 6.07) is 24.9. The van der Waals surface area contributed by atoms with Crippen LogP contribution in [0.4, 0.5) is 0 Å². The third-order valence-electron chi connectivity index (χ3n) is 6.33. The number of carboxylic acids is 1. The molecule has 2 N–H and O–H groups in total. The Labute approximate surface area is 247 Å². The van der Waals surface area contributed by atoms with Crippen molar-refractivity contribution in [3.05, 3.63) is 94.9 Å². The van der Waals surface area contributed by atoms with E-state index >= 15 is 0 Å². The fourth-order valence-corrected chi connectivity index (χ4v) is 5.03. The summed E-state index contributed by atoms with van der Waals surface area (Å²) >= 11 is 0.933. The Morgan fingerprint density at radius 1 is 0.929 bits per heavy atom. The number of aromatic nitrogens is 3. The third kappa shape index (κ3) is 6.67. The van der Waals surface area contributed by atoms with Gasteiger partial charge in [-0.2, -0.15) is 0 Å². The van der Waals surface area contributed by atoms with Crippen LogP contribution in [0, 0.1) is 0 Å². The quantitative estimate of drug-likeness (QED) is 0.120. The first kappa shape index (κ1) is 28.6. The number of methoxy groups -OCH3 is 2. The van der Waals surface area contributed by atoms with Gasteiger partial charge in [0.25, 0.3) is 0 Å². The molecule has 4 aromatic carbocycles. The molecule has 0 bridgehead atoms. The summed E-state index contributed by atoms with van der Waals surface area (Å²) in [6.07, 6.45) is 1.55. The van der Waals surface area contributed by atoms with Crippen molar-refractivity contribution >= 4 is 34.6 Å². The van der Waals surface area contributed by atoms with E-state index in [0.717, 1.165) is 28.1 Å². The van der Waals surface area contributed by atoms with Crippen LogP contribution in [0.2, 0.25) is 0 Å². The lowest BCUT2D eigenvalue weighted by molar-refractivity contribution is -0.131. The SMILES string of the molecule is CCOc1cc(/C=C(\Sc2n[nH]c(-c3cc(OC)cc(OC)c3)n2)C(=O)O)ccc1OCc1cccc2ccccc12. The molecule has 1 heterocycles. The molecule has 0 saturated heterocycles. The number of aromatic amines is 1. The highest BCUT2D eigenvalue weighted by Gasteiger charge is 2.16. The van der Waals surface area contributed by atoms with Gasteiger partial charge in [-0.1, -0.05) is 48.5 Å². The maximum absolute atomic E-state index is 12.2. The molecular weight excluding hydrogens is 554 g/mol. The number of aliphatic carboxylic acids is 1. The van der Waals surface area contributed by atoms with Gasteiger partial charge < -0.3 is 24.1 Å². The standard InChI is InChI=1S/C32H29N3O6S/c1-4-40-28-14-20(12-13-27(28)41-19-22-10-7-9-21-8-5-6-11-26(21)22)15-29(31(36)37)42-32-33-30(34-35-32)23-16-24(38-2)18-25(17-23)39-3/h5-18H,4,19H2,1-3H3,(H,36,37)(H,33,34,35)/b29-15-. The van der Waals surface area contributed by atoms with Crippen LogP contribution in [0.25, 0.3) is 28.2 Å². The molecule has 0 spiro atoms. The van der Waals surface area contributed by atoms with Crippen molar-refractivity contribution < 1.29 is 28.8 Å². The van der Waals surface area contributed by atoms with Gasteiger partial charge in [0.2, 0.25) is 5.16 Å². The largest absolute Gasteiger partial charge is 0.497 e. The minimum atomic E-state index is -1.11. The van der Waals surface area contributed by atoms with E-state index in [1.807, 2.05) is 31.2 Å². The lowest BCUT2D eigenvalue weighted by Crippen LogP contribution is -2.01. The minimum absolute atomic E-state index is 0.0376. The Morgan fingerprint density at radius 3 is 2.43 bits per heavy atom. The van der Waals surface area contributed by atoms with Gasteiger partial charge in [-0.15, -0.1) is 5.10 Å². The van der Waals surface area contributed by atoms with Crippen molar-refractivity contribution in [1.29, 1.82) is 0 Å². The molecule has 0 fully saturated rings. The van der Waals surface area contributed by atoms with Gasteiger partial charge in [-0.05, 0) is 70.9 Å². The smallest absolute Gasteiger partial charge is 0.342 e. The van der Waals surface area contributed by atoms with E-state index in [1.54, 1.807) is 56.7 Å². The number of carbonyl (C=O) groups is 1. The number of nitrogens with one attached hydrogen (secondary N) is 1. The Morgan fingerprint density at radius 2 is 1.69 bits per heavy atom. The zero-order valence-corrected chi connectivity index (χ0v) is 24.1. The first-order valence-corrected chi connectivity index (χ1v) is 13.9. The molecule has 0 aliphatic heterocycles. The highest BCUT2D eigenvalue weighted by molar-refractivity contribution is 8.04. The van der Waals surface area contributed by atoms with Crippen LogP contribution >= 0.6 is 11.8 Å². The van der Waals surface area contributed by atoms with Crippen LogP contribution < -0.4 is 18.9 Å². The first-order chi connectivity index (χ1) is 20.5. The Balaban J connectivity index is 1.36. The minimum Gasteiger partial charge on any atom is -0.497 e. The second-order valence-corrected chi connectivity index (χ2v) is 10.1. The highest BCUT2D eigenvalue weighted by Crippen LogP contribution is 2.34. The molecule has 10 heteroatoms. The van der Waals surface area contributed by atoms with Crippen LogP contribution in [0.3, 0.4) is 0 Å². The van der Waals surface area contributed by atoms with Crippen molar-refractivity contribution in [2.24, 2.45) is 0 Å². The van der Waals surface area contributed by atoms with E-state index in [2.05, 4.69) is 33.4 Å². The molecule has 5 aromatic rings. The lowest BCUT2D eigenvalue weighted by Gasteiger charge is -2.14. The van der Waals surface area contributed by atoms with E-state index in [0.29, 0.717) is 53.2 Å². The molecular formula is C32H29N3O6S. The highest BCUT2D eigenvalue weighted by atomic mass is 32.2. The number of benzene rings is 4. The molecule has 1 aromatic heterocycles. The van der Waals surface area contributed by atoms with Gasteiger partial charge in [-0.25, -0.2) is 9.78 Å². The molecule has 0 saturated carbocycles. The number of hydrogen-bond acceptors (Lipinski definition) is 8. The maximum atomic E-state index is 12.2.